The van der Waals surface area contributed by atoms with Crippen LogP contribution in [0.5, 0.6) is 0 Å². The fraction of sp³-hybridized carbons (Fsp3) is 0.500. The van der Waals surface area contributed by atoms with Crippen LogP contribution in [0.4, 0.5) is 0 Å². The minimum atomic E-state index is 0.375. The molecule has 3 rings (SSSR count). The Balaban J connectivity index is 2.01. The summed E-state index contributed by atoms with van der Waals surface area (Å²) in [6.45, 7) is 9.51. The van der Waals surface area contributed by atoms with Gasteiger partial charge in [0.1, 0.15) is 0 Å². The Kier molecular flexibility index (Phi) is 2.91. The van der Waals surface area contributed by atoms with Crippen LogP contribution in [-0.2, 0) is 0 Å². The maximum absolute atomic E-state index is 4.48. The number of pyridine rings is 1. The lowest BCUT2D eigenvalue weighted by Gasteiger charge is -2.19. The van der Waals surface area contributed by atoms with Crippen LogP contribution in [0.3, 0.4) is 0 Å². The predicted octanol–water partition coefficient (Wildman–Crippen LogP) is 4.18. The number of benzene rings is 1. The Morgan fingerprint density at radius 3 is 2.40 bits per heavy atom. The summed E-state index contributed by atoms with van der Waals surface area (Å²) in [4.78, 5) is 4.48. The minimum absolute atomic E-state index is 0.375. The summed E-state index contributed by atoms with van der Waals surface area (Å²) in [6.07, 6.45) is 1.87. The maximum Gasteiger partial charge on any atom is 0.0705 e. The molecule has 1 fully saturated rings. The summed E-state index contributed by atoms with van der Waals surface area (Å²) in [5.74, 6) is 0.654. The van der Waals surface area contributed by atoms with E-state index in [4.69, 9.17) is 0 Å². The van der Waals surface area contributed by atoms with Crippen molar-refractivity contribution in [2.45, 2.75) is 33.7 Å². The molecule has 1 aliphatic rings. The zero-order chi connectivity index (χ0) is 14.5. The van der Waals surface area contributed by atoms with Gasteiger partial charge in [-0.2, -0.15) is 0 Å². The van der Waals surface area contributed by atoms with Gasteiger partial charge >= 0.3 is 0 Å². The molecule has 0 saturated heterocycles. The normalized spacial score (nSPS) is 21.9. The van der Waals surface area contributed by atoms with Gasteiger partial charge in [0.05, 0.1) is 5.52 Å². The van der Waals surface area contributed by atoms with Crippen LogP contribution in [0.1, 0.15) is 39.3 Å². The van der Waals surface area contributed by atoms with E-state index in [9.17, 15) is 0 Å². The van der Waals surface area contributed by atoms with E-state index in [1.807, 2.05) is 12.3 Å². The van der Waals surface area contributed by atoms with Crippen molar-refractivity contribution >= 4 is 10.9 Å². The molecule has 2 heteroatoms. The Morgan fingerprint density at radius 2 is 1.80 bits per heavy atom. The van der Waals surface area contributed by atoms with E-state index in [0.717, 1.165) is 5.52 Å². The van der Waals surface area contributed by atoms with Crippen LogP contribution >= 0.6 is 0 Å². The molecule has 0 aliphatic heterocycles. The summed E-state index contributed by atoms with van der Waals surface area (Å²) < 4.78 is 0. The molecule has 20 heavy (non-hydrogen) atoms. The van der Waals surface area contributed by atoms with Gasteiger partial charge in [-0.15, -0.1) is 0 Å². The zero-order valence-electron chi connectivity index (χ0n) is 13.1. The molecule has 0 spiro atoms. The average molecular weight is 268 g/mol. The summed E-state index contributed by atoms with van der Waals surface area (Å²) >= 11 is 0. The molecule has 0 bridgehead atoms. The Morgan fingerprint density at radius 1 is 1.10 bits per heavy atom. The summed E-state index contributed by atoms with van der Waals surface area (Å²) in [5, 5.41) is 4.74. The van der Waals surface area contributed by atoms with Gasteiger partial charge in [-0.05, 0) is 41.5 Å². The van der Waals surface area contributed by atoms with Gasteiger partial charge in [0.25, 0.3) is 0 Å². The highest BCUT2D eigenvalue weighted by Crippen LogP contribution is 2.72. The minimum Gasteiger partial charge on any atom is -0.313 e. The molecule has 1 aromatic carbocycles. The van der Waals surface area contributed by atoms with E-state index >= 15 is 0 Å². The van der Waals surface area contributed by atoms with Crippen molar-refractivity contribution in [2.75, 3.05) is 7.05 Å². The van der Waals surface area contributed by atoms with E-state index in [0.29, 0.717) is 22.8 Å². The Bertz CT molecular complexity index is 629. The highest BCUT2D eigenvalue weighted by atomic mass is 14.9. The lowest BCUT2D eigenvalue weighted by Crippen LogP contribution is -2.21. The molecule has 2 aromatic rings. The lowest BCUT2D eigenvalue weighted by molar-refractivity contribution is 0.438. The summed E-state index contributed by atoms with van der Waals surface area (Å²) in [7, 11) is 2.07. The first kappa shape index (κ1) is 13.6. The third kappa shape index (κ3) is 1.78. The molecular formula is C18H24N2. The van der Waals surface area contributed by atoms with E-state index in [2.05, 4.69) is 69.3 Å². The van der Waals surface area contributed by atoms with Crippen molar-refractivity contribution < 1.29 is 0 Å². The molecule has 1 atom stereocenters. The Labute approximate surface area is 121 Å². The number of hydrogen-bond donors (Lipinski definition) is 1. The van der Waals surface area contributed by atoms with Crippen molar-refractivity contribution in [2.24, 2.45) is 16.7 Å². The lowest BCUT2D eigenvalue weighted by atomic mass is 9.95. The van der Waals surface area contributed by atoms with Crippen molar-refractivity contribution in [1.82, 2.24) is 10.3 Å². The molecule has 0 amide bonds. The van der Waals surface area contributed by atoms with Crippen molar-refractivity contribution in [3.05, 3.63) is 42.1 Å². The third-order valence-electron chi connectivity index (χ3n) is 5.77. The van der Waals surface area contributed by atoms with Crippen molar-refractivity contribution in [1.29, 1.82) is 0 Å². The molecule has 1 aromatic heterocycles. The zero-order valence-corrected chi connectivity index (χ0v) is 13.1. The van der Waals surface area contributed by atoms with Gasteiger partial charge in [-0.25, -0.2) is 0 Å². The first-order chi connectivity index (χ1) is 9.39. The van der Waals surface area contributed by atoms with E-state index in [-0.39, 0.29) is 0 Å². The first-order valence-corrected chi connectivity index (χ1v) is 7.41. The molecule has 106 valence electrons. The van der Waals surface area contributed by atoms with E-state index in [1.54, 1.807) is 0 Å². The average Bonchev–Trinajstić information content (AvgIpc) is 2.82. The molecule has 0 radical (unpaired) electrons. The summed E-state index contributed by atoms with van der Waals surface area (Å²) in [5.41, 5.74) is 3.18. The topological polar surface area (TPSA) is 24.9 Å². The number of hydrogen-bond acceptors (Lipinski definition) is 2. The van der Waals surface area contributed by atoms with Gasteiger partial charge < -0.3 is 5.32 Å². The fourth-order valence-electron chi connectivity index (χ4n) is 3.88. The Hall–Kier alpha value is -1.41. The number of aromatic nitrogens is 1. The predicted molar refractivity (Wildman–Crippen MR) is 84.6 cm³/mol. The standard InChI is InChI=1S/C18H24N2/c1-17(2)16(18(17,3)4)15(19-5)13-9-8-12-7-6-10-20-14(12)11-13/h6-11,15-16,19H,1-5H3. The van der Waals surface area contributed by atoms with Crippen LogP contribution in [-0.4, -0.2) is 12.0 Å². The monoisotopic (exact) mass is 268 g/mol. The first-order valence-electron chi connectivity index (χ1n) is 7.41. The number of fused-ring (bicyclic) bond motifs is 1. The number of nitrogens with one attached hydrogen (secondary N) is 1. The van der Waals surface area contributed by atoms with E-state index in [1.165, 1.54) is 10.9 Å². The fourth-order valence-corrected chi connectivity index (χ4v) is 3.88. The van der Waals surface area contributed by atoms with Crippen molar-refractivity contribution in [3.8, 4) is 0 Å². The van der Waals surface area contributed by atoms with Crippen molar-refractivity contribution in [3.63, 3.8) is 0 Å². The molecule has 1 unspecified atom stereocenters. The molecule has 2 nitrogen and oxygen atoms in total. The number of rotatable bonds is 3. The van der Waals surface area contributed by atoms with E-state index < -0.39 is 0 Å². The molecular weight excluding hydrogens is 244 g/mol. The van der Waals surface area contributed by atoms with Gasteiger partial charge in [-0.1, -0.05) is 45.9 Å². The van der Waals surface area contributed by atoms with Gasteiger partial charge in [-0.3, -0.25) is 4.98 Å². The van der Waals surface area contributed by atoms with Gasteiger partial charge in [0, 0.05) is 17.6 Å². The van der Waals surface area contributed by atoms with Gasteiger partial charge in [0.15, 0.2) is 0 Å². The van der Waals surface area contributed by atoms with Crippen LogP contribution in [0.15, 0.2) is 36.5 Å². The second-order valence-corrected chi connectivity index (χ2v) is 7.14. The SMILES string of the molecule is CNC(c1ccc2cccnc2c1)C1C(C)(C)C1(C)C. The number of nitrogens with zero attached hydrogens (tertiary/aromatic N) is 1. The van der Waals surface area contributed by atoms with Gasteiger partial charge in [0.2, 0.25) is 0 Å². The second-order valence-electron chi connectivity index (χ2n) is 7.14. The third-order valence-corrected chi connectivity index (χ3v) is 5.77. The van der Waals surface area contributed by atoms with Crippen LogP contribution in [0, 0.1) is 16.7 Å². The highest BCUT2D eigenvalue weighted by Gasteiger charge is 2.67. The second kappa shape index (κ2) is 4.29. The summed E-state index contributed by atoms with van der Waals surface area (Å²) in [6, 6.07) is 11.2. The smallest absolute Gasteiger partial charge is 0.0705 e. The largest absolute Gasteiger partial charge is 0.313 e. The highest BCUT2D eigenvalue weighted by molar-refractivity contribution is 5.79. The van der Waals surface area contributed by atoms with Crippen LogP contribution in [0.2, 0.25) is 0 Å². The quantitative estimate of drug-likeness (QED) is 0.903. The molecule has 1 saturated carbocycles. The maximum atomic E-state index is 4.48. The van der Waals surface area contributed by atoms with Crippen LogP contribution < -0.4 is 5.32 Å². The molecule has 1 heterocycles. The molecule has 1 N–H and O–H groups in total. The molecule has 1 aliphatic carbocycles. The van der Waals surface area contributed by atoms with Crippen LogP contribution in [0.25, 0.3) is 10.9 Å².